The monoisotopic (exact) mass is 299 g/mol. The van der Waals surface area contributed by atoms with Crippen molar-refractivity contribution in [2.24, 2.45) is 0 Å². The highest BCUT2D eigenvalue weighted by Gasteiger charge is 2.18. The first-order chi connectivity index (χ1) is 10.7. The minimum absolute atomic E-state index is 0.0457. The molecule has 0 radical (unpaired) electrons. The van der Waals surface area contributed by atoms with Gasteiger partial charge in [-0.05, 0) is 34.1 Å². The number of nitriles is 1. The largest absolute Gasteiger partial charge is 0.461 e. The van der Waals surface area contributed by atoms with E-state index in [1.165, 1.54) is 6.08 Å². The van der Waals surface area contributed by atoms with Gasteiger partial charge in [-0.25, -0.2) is 9.42 Å². The number of nitrogens with zero attached hydrogens (tertiary/aromatic N) is 3. The fourth-order valence-electron chi connectivity index (χ4n) is 1.77. The smallest absolute Gasteiger partial charge is 0.341 e. The Labute approximate surface area is 126 Å². The van der Waals surface area contributed by atoms with E-state index >= 15 is 0 Å². The molecule has 1 heterocycles. The standard InChI is InChI=1S/C15H13N3O4/c1-2-14(19)11(15(20)21-7-3-6-16)8-10-4-5-12-13(9-10)18-22-17-12/h4-5,8-9H,2-3,7H2,1H3. The molecule has 1 aromatic heterocycles. The molecule has 0 aliphatic carbocycles. The summed E-state index contributed by atoms with van der Waals surface area (Å²) in [5, 5.41) is 15.8. The molecule has 7 heteroatoms. The Morgan fingerprint density at radius 1 is 1.36 bits per heavy atom. The van der Waals surface area contributed by atoms with Crippen LogP contribution in [0, 0.1) is 11.3 Å². The molecule has 22 heavy (non-hydrogen) atoms. The summed E-state index contributed by atoms with van der Waals surface area (Å²) < 4.78 is 9.51. The third-order valence-corrected chi connectivity index (χ3v) is 2.88. The molecule has 0 aliphatic heterocycles. The molecular weight excluding hydrogens is 286 g/mol. The zero-order valence-electron chi connectivity index (χ0n) is 11.9. The first-order valence-electron chi connectivity index (χ1n) is 6.67. The number of ketones is 1. The van der Waals surface area contributed by atoms with Crippen molar-refractivity contribution < 1.29 is 19.0 Å². The Kier molecular flexibility index (Phi) is 4.98. The zero-order chi connectivity index (χ0) is 15.9. The fourth-order valence-corrected chi connectivity index (χ4v) is 1.77. The molecule has 0 saturated carbocycles. The maximum absolute atomic E-state index is 12.0. The Morgan fingerprint density at radius 2 is 2.14 bits per heavy atom. The highest BCUT2D eigenvalue weighted by Crippen LogP contribution is 2.16. The van der Waals surface area contributed by atoms with Gasteiger partial charge in [-0.1, -0.05) is 13.0 Å². The van der Waals surface area contributed by atoms with Crippen LogP contribution in [-0.4, -0.2) is 28.7 Å². The van der Waals surface area contributed by atoms with Gasteiger partial charge in [0.1, 0.15) is 23.2 Å². The first kappa shape index (κ1) is 15.4. The average molecular weight is 299 g/mol. The van der Waals surface area contributed by atoms with E-state index in [1.54, 1.807) is 25.1 Å². The number of carbonyl (C=O) groups excluding carboxylic acids is 2. The SMILES string of the molecule is CCC(=O)C(=Cc1ccc2nonc2c1)C(=O)OCCC#N. The second-order valence-corrected chi connectivity index (χ2v) is 4.39. The van der Waals surface area contributed by atoms with Crippen molar-refractivity contribution in [2.75, 3.05) is 6.61 Å². The predicted octanol–water partition coefficient (Wildman–Crippen LogP) is 2.04. The predicted molar refractivity (Wildman–Crippen MR) is 76.3 cm³/mol. The van der Waals surface area contributed by atoms with Crippen LogP contribution >= 0.6 is 0 Å². The molecule has 0 aliphatic rings. The van der Waals surface area contributed by atoms with Crippen molar-refractivity contribution in [1.29, 1.82) is 5.26 Å². The lowest BCUT2D eigenvalue weighted by atomic mass is 10.1. The van der Waals surface area contributed by atoms with Gasteiger partial charge in [-0.2, -0.15) is 5.26 Å². The maximum atomic E-state index is 12.0. The van der Waals surface area contributed by atoms with Crippen LogP contribution in [0.1, 0.15) is 25.3 Å². The molecule has 0 unspecified atom stereocenters. The first-order valence-corrected chi connectivity index (χ1v) is 6.67. The van der Waals surface area contributed by atoms with E-state index in [2.05, 4.69) is 14.9 Å². The van der Waals surface area contributed by atoms with E-state index in [0.717, 1.165) is 0 Å². The Morgan fingerprint density at radius 3 is 2.86 bits per heavy atom. The van der Waals surface area contributed by atoms with E-state index in [4.69, 9.17) is 10.00 Å². The third kappa shape index (κ3) is 3.55. The number of hydrogen-bond donors (Lipinski definition) is 0. The van der Waals surface area contributed by atoms with Gasteiger partial charge >= 0.3 is 5.97 Å². The number of hydrogen-bond acceptors (Lipinski definition) is 7. The van der Waals surface area contributed by atoms with E-state index < -0.39 is 5.97 Å². The molecule has 2 aromatic rings. The summed E-state index contributed by atoms with van der Waals surface area (Å²) in [5.41, 5.74) is 1.65. The van der Waals surface area contributed by atoms with Crippen LogP contribution < -0.4 is 0 Å². The number of fused-ring (bicyclic) bond motifs is 1. The quantitative estimate of drug-likeness (QED) is 0.264. The number of esters is 1. The third-order valence-electron chi connectivity index (χ3n) is 2.88. The molecule has 0 amide bonds. The van der Waals surface area contributed by atoms with Gasteiger partial charge in [0.05, 0.1) is 12.5 Å². The summed E-state index contributed by atoms with van der Waals surface area (Å²) >= 11 is 0. The molecule has 0 saturated heterocycles. The number of carbonyl (C=O) groups is 2. The van der Waals surface area contributed by atoms with Crippen molar-refractivity contribution in [3.05, 3.63) is 29.3 Å². The average Bonchev–Trinajstić information content (AvgIpc) is 2.99. The van der Waals surface area contributed by atoms with Gasteiger partial charge < -0.3 is 4.74 Å². The molecule has 0 spiro atoms. The van der Waals surface area contributed by atoms with Crippen LogP contribution in [0.2, 0.25) is 0 Å². The molecule has 0 N–H and O–H groups in total. The highest BCUT2D eigenvalue weighted by atomic mass is 16.6. The Bertz CT molecular complexity index is 770. The maximum Gasteiger partial charge on any atom is 0.341 e. The minimum atomic E-state index is -0.736. The summed E-state index contributed by atoms with van der Waals surface area (Å²) in [5.74, 6) is -1.07. The lowest BCUT2D eigenvalue weighted by Crippen LogP contribution is -2.15. The van der Waals surface area contributed by atoms with Crippen LogP contribution in [0.5, 0.6) is 0 Å². The van der Waals surface area contributed by atoms with Crippen molar-refractivity contribution in [2.45, 2.75) is 19.8 Å². The van der Waals surface area contributed by atoms with Crippen molar-refractivity contribution in [3.8, 4) is 6.07 Å². The number of ether oxygens (including phenoxy) is 1. The summed E-state index contributed by atoms with van der Waals surface area (Å²) in [7, 11) is 0. The fraction of sp³-hybridized carbons (Fsp3) is 0.267. The number of aromatic nitrogens is 2. The van der Waals surface area contributed by atoms with Crippen molar-refractivity contribution in [1.82, 2.24) is 10.3 Å². The summed E-state index contributed by atoms with van der Waals surface area (Å²) in [6, 6.07) is 6.88. The Hall–Kier alpha value is -3.01. The lowest BCUT2D eigenvalue weighted by molar-refractivity contribution is -0.140. The molecule has 0 bridgehead atoms. The van der Waals surface area contributed by atoms with E-state index in [0.29, 0.717) is 16.6 Å². The molecule has 1 aromatic carbocycles. The molecule has 7 nitrogen and oxygen atoms in total. The van der Waals surface area contributed by atoms with E-state index in [-0.39, 0.29) is 30.8 Å². The van der Waals surface area contributed by atoms with Crippen LogP contribution in [-0.2, 0) is 14.3 Å². The zero-order valence-corrected chi connectivity index (χ0v) is 11.9. The van der Waals surface area contributed by atoms with E-state index in [9.17, 15) is 9.59 Å². The van der Waals surface area contributed by atoms with Crippen molar-refractivity contribution >= 4 is 28.9 Å². The topological polar surface area (TPSA) is 106 Å². The summed E-state index contributed by atoms with van der Waals surface area (Å²) in [6.45, 7) is 1.61. The Balaban J connectivity index is 2.29. The number of benzene rings is 1. The number of rotatable bonds is 6. The lowest BCUT2D eigenvalue weighted by Gasteiger charge is -2.05. The van der Waals surface area contributed by atoms with Crippen LogP contribution in [0.15, 0.2) is 28.4 Å². The van der Waals surface area contributed by atoms with Crippen LogP contribution in [0.25, 0.3) is 17.1 Å². The summed E-state index contributed by atoms with van der Waals surface area (Å²) in [4.78, 5) is 23.9. The summed E-state index contributed by atoms with van der Waals surface area (Å²) in [6.07, 6.45) is 1.69. The molecule has 2 rings (SSSR count). The minimum Gasteiger partial charge on any atom is -0.461 e. The second kappa shape index (κ2) is 7.13. The second-order valence-electron chi connectivity index (χ2n) is 4.39. The van der Waals surface area contributed by atoms with Gasteiger partial charge in [0.25, 0.3) is 0 Å². The van der Waals surface area contributed by atoms with Gasteiger partial charge in [0.2, 0.25) is 0 Å². The molecular formula is C15H13N3O4. The van der Waals surface area contributed by atoms with Gasteiger partial charge in [-0.3, -0.25) is 4.79 Å². The van der Waals surface area contributed by atoms with Crippen LogP contribution in [0.4, 0.5) is 0 Å². The highest BCUT2D eigenvalue weighted by molar-refractivity contribution is 6.20. The van der Waals surface area contributed by atoms with Crippen LogP contribution in [0.3, 0.4) is 0 Å². The van der Waals surface area contributed by atoms with E-state index in [1.807, 2.05) is 6.07 Å². The van der Waals surface area contributed by atoms with Gasteiger partial charge in [0, 0.05) is 6.42 Å². The molecule has 112 valence electrons. The number of Topliss-reactive ketones (excluding diaryl/α,β-unsaturated/α-hetero) is 1. The van der Waals surface area contributed by atoms with Gasteiger partial charge in [0.15, 0.2) is 5.78 Å². The molecule has 0 fully saturated rings. The molecule has 0 atom stereocenters. The van der Waals surface area contributed by atoms with Crippen molar-refractivity contribution in [3.63, 3.8) is 0 Å². The normalized spacial score (nSPS) is 11.2. The van der Waals surface area contributed by atoms with Gasteiger partial charge in [-0.15, -0.1) is 0 Å².